The van der Waals surface area contributed by atoms with Crippen molar-refractivity contribution >= 4 is 84.8 Å². The predicted molar refractivity (Wildman–Crippen MR) is 242 cm³/mol. The summed E-state index contributed by atoms with van der Waals surface area (Å²) in [5.74, 6) is 1.95. The van der Waals surface area contributed by atoms with Gasteiger partial charge in [-0.2, -0.15) is 0 Å². The topological polar surface area (TPSA) is 43.6 Å². The Labute approximate surface area is 335 Å². The number of nitrogens with zero attached hydrogens (tertiary/aromatic N) is 4. The van der Waals surface area contributed by atoms with Gasteiger partial charge >= 0.3 is 0 Å². The van der Waals surface area contributed by atoms with Gasteiger partial charge in [0.15, 0.2) is 17.5 Å². The summed E-state index contributed by atoms with van der Waals surface area (Å²) in [6.45, 7) is 0. The average molecular weight is 763 g/mol. The molecule has 0 radical (unpaired) electrons. The van der Waals surface area contributed by atoms with Gasteiger partial charge in [0.05, 0.1) is 11.0 Å². The van der Waals surface area contributed by atoms with E-state index in [1.165, 1.54) is 57.5 Å². The van der Waals surface area contributed by atoms with Crippen LogP contribution in [0.1, 0.15) is 0 Å². The zero-order valence-corrected chi connectivity index (χ0v) is 32.1. The van der Waals surface area contributed by atoms with E-state index < -0.39 is 0 Å². The molecule has 0 aliphatic heterocycles. The standard InChI is InChI=1S/C51H30N4S2/c1-4-14-31(15-5-1)34-24-25-37-36-20-10-12-22-41(36)55(42(37)28-34)35-29-39-47-45(27-26-44-46(47)38-21-11-13-23-43(38)56-44)57-48(39)40(30-35)51-53-49(32-16-6-2-7-17-32)52-50(54-51)33-18-8-3-9-19-33/h1-30H. The van der Waals surface area contributed by atoms with Gasteiger partial charge in [0.1, 0.15) is 0 Å². The molecule has 4 heterocycles. The van der Waals surface area contributed by atoms with Crippen LogP contribution in [0.2, 0.25) is 0 Å². The Bertz CT molecular complexity index is 3450. The van der Waals surface area contributed by atoms with E-state index in [9.17, 15) is 0 Å². The van der Waals surface area contributed by atoms with Crippen molar-refractivity contribution < 1.29 is 0 Å². The van der Waals surface area contributed by atoms with Crippen LogP contribution in [0, 0.1) is 0 Å². The highest BCUT2D eigenvalue weighted by Crippen LogP contribution is 2.48. The average Bonchev–Trinajstić information content (AvgIpc) is 3.96. The van der Waals surface area contributed by atoms with Gasteiger partial charge in [-0.3, -0.25) is 0 Å². The SMILES string of the molecule is c1ccc(-c2ccc3c4ccccc4n(-c4cc(-c5nc(-c6ccccc6)nc(-c6ccccc6)n5)c5sc6ccc7sc8ccccc8c7c6c5c4)c3c2)cc1. The minimum absolute atomic E-state index is 0.648. The molecular formula is C51H30N4S2. The lowest BCUT2D eigenvalue weighted by molar-refractivity contribution is 1.07. The fourth-order valence-corrected chi connectivity index (χ4v) is 10.8. The van der Waals surface area contributed by atoms with Crippen LogP contribution in [0.25, 0.3) is 113 Å². The molecule has 4 nitrogen and oxygen atoms in total. The van der Waals surface area contributed by atoms with E-state index >= 15 is 0 Å². The molecule has 0 fully saturated rings. The van der Waals surface area contributed by atoms with E-state index in [2.05, 4.69) is 150 Å². The molecule has 0 atom stereocenters. The predicted octanol–water partition coefficient (Wildman–Crippen LogP) is 14.4. The molecule has 6 heteroatoms. The summed E-state index contributed by atoms with van der Waals surface area (Å²) in [5, 5.41) is 7.50. The summed E-state index contributed by atoms with van der Waals surface area (Å²) in [6, 6.07) is 64.8. The summed E-state index contributed by atoms with van der Waals surface area (Å²) in [5.41, 5.74) is 8.62. The number of hydrogen-bond donors (Lipinski definition) is 0. The van der Waals surface area contributed by atoms with Crippen LogP contribution >= 0.6 is 22.7 Å². The minimum atomic E-state index is 0.648. The summed E-state index contributed by atoms with van der Waals surface area (Å²) in [6.07, 6.45) is 0. The molecule has 0 spiro atoms. The first-order valence-corrected chi connectivity index (χ1v) is 20.7. The first kappa shape index (κ1) is 32.3. The molecular weight excluding hydrogens is 733 g/mol. The van der Waals surface area contributed by atoms with Crippen LogP contribution in [-0.4, -0.2) is 19.5 Å². The normalized spacial score (nSPS) is 11.9. The molecule has 8 aromatic carbocycles. The molecule has 12 aromatic rings. The molecule has 0 saturated carbocycles. The van der Waals surface area contributed by atoms with Crippen molar-refractivity contribution in [2.24, 2.45) is 0 Å². The van der Waals surface area contributed by atoms with Gasteiger partial charge in [-0.1, -0.05) is 140 Å². The number of hydrogen-bond acceptors (Lipinski definition) is 5. The van der Waals surface area contributed by atoms with Crippen molar-refractivity contribution in [1.82, 2.24) is 19.5 Å². The lowest BCUT2D eigenvalue weighted by Crippen LogP contribution is -2.01. The monoisotopic (exact) mass is 762 g/mol. The number of rotatable bonds is 5. The maximum absolute atomic E-state index is 5.30. The molecule has 0 aliphatic rings. The van der Waals surface area contributed by atoms with Crippen LogP contribution in [0.15, 0.2) is 182 Å². The zero-order valence-electron chi connectivity index (χ0n) is 30.4. The van der Waals surface area contributed by atoms with E-state index in [4.69, 9.17) is 15.0 Å². The Balaban J connectivity index is 1.23. The van der Waals surface area contributed by atoms with Gasteiger partial charge in [-0.25, -0.2) is 15.0 Å². The third-order valence-corrected chi connectivity index (χ3v) is 13.4. The van der Waals surface area contributed by atoms with Crippen molar-refractivity contribution in [3.05, 3.63) is 182 Å². The number of benzene rings is 8. The van der Waals surface area contributed by atoms with Gasteiger partial charge in [0, 0.05) is 73.5 Å². The maximum Gasteiger partial charge on any atom is 0.165 e. The fraction of sp³-hybridized carbons (Fsp3) is 0. The molecule has 266 valence electrons. The Morgan fingerprint density at radius 1 is 0.351 bits per heavy atom. The molecule has 57 heavy (non-hydrogen) atoms. The molecule has 0 amide bonds. The summed E-state index contributed by atoms with van der Waals surface area (Å²) in [7, 11) is 0. The van der Waals surface area contributed by atoms with Crippen molar-refractivity contribution in [3.63, 3.8) is 0 Å². The molecule has 0 bridgehead atoms. The molecule has 0 unspecified atom stereocenters. The first-order valence-electron chi connectivity index (χ1n) is 19.0. The van der Waals surface area contributed by atoms with Crippen LogP contribution in [0.5, 0.6) is 0 Å². The summed E-state index contributed by atoms with van der Waals surface area (Å²) < 4.78 is 7.43. The highest BCUT2D eigenvalue weighted by atomic mass is 32.1. The Hall–Kier alpha value is -6.99. The summed E-state index contributed by atoms with van der Waals surface area (Å²) in [4.78, 5) is 15.7. The number of fused-ring (bicyclic) bond motifs is 10. The zero-order chi connectivity index (χ0) is 37.5. The van der Waals surface area contributed by atoms with Gasteiger partial charge in [0.25, 0.3) is 0 Å². The number of aromatic nitrogens is 4. The number of para-hydroxylation sites is 1. The van der Waals surface area contributed by atoms with Gasteiger partial charge in [0.2, 0.25) is 0 Å². The number of thiophene rings is 2. The van der Waals surface area contributed by atoms with E-state index in [1.54, 1.807) is 0 Å². The van der Waals surface area contributed by atoms with Crippen LogP contribution in [0.3, 0.4) is 0 Å². The van der Waals surface area contributed by atoms with Crippen LogP contribution < -0.4 is 0 Å². The third-order valence-electron chi connectivity index (χ3n) is 11.0. The second-order valence-electron chi connectivity index (χ2n) is 14.4. The first-order chi connectivity index (χ1) is 28.2. The van der Waals surface area contributed by atoms with Crippen LogP contribution in [-0.2, 0) is 0 Å². The van der Waals surface area contributed by atoms with Crippen molar-refractivity contribution in [2.75, 3.05) is 0 Å². The summed E-state index contributed by atoms with van der Waals surface area (Å²) >= 11 is 3.68. The maximum atomic E-state index is 5.30. The van der Waals surface area contributed by atoms with Gasteiger partial charge < -0.3 is 4.57 Å². The van der Waals surface area contributed by atoms with Crippen molar-refractivity contribution in [1.29, 1.82) is 0 Å². The highest BCUT2D eigenvalue weighted by molar-refractivity contribution is 7.28. The van der Waals surface area contributed by atoms with E-state index in [-0.39, 0.29) is 0 Å². The lowest BCUT2D eigenvalue weighted by atomic mass is 10.0. The fourth-order valence-electron chi connectivity index (χ4n) is 8.45. The lowest BCUT2D eigenvalue weighted by Gasteiger charge is -2.13. The Morgan fingerprint density at radius 2 is 0.912 bits per heavy atom. The smallest absolute Gasteiger partial charge is 0.165 e. The van der Waals surface area contributed by atoms with E-state index in [1.807, 2.05) is 59.1 Å². The van der Waals surface area contributed by atoms with E-state index in [0.717, 1.165) is 38.1 Å². The quantitative estimate of drug-likeness (QED) is 0.175. The molecule has 12 rings (SSSR count). The van der Waals surface area contributed by atoms with Gasteiger partial charge in [-0.05, 0) is 53.6 Å². The molecule has 0 N–H and O–H groups in total. The van der Waals surface area contributed by atoms with Crippen molar-refractivity contribution in [3.8, 4) is 51.0 Å². The van der Waals surface area contributed by atoms with Crippen LogP contribution in [0.4, 0.5) is 0 Å². The molecule has 0 saturated heterocycles. The Kier molecular flexibility index (Phi) is 7.24. The third kappa shape index (κ3) is 5.15. The molecule has 4 aromatic heterocycles. The van der Waals surface area contributed by atoms with Gasteiger partial charge in [-0.15, -0.1) is 22.7 Å². The van der Waals surface area contributed by atoms with E-state index in [0.29, 0.717) is 17.5 Å². The minimum Gasteiger partial charge on any atom is -0.309 e. The van der Waals surface area contributed by atoms with Crippen molar-refractivity contribution in [2.45, 2.75) is 0 Å². The second-order valence-corrected chi connectivity index (χ2v) is 16.5. The highest BCUT2D eigenvalue weighted by Gasteiger charge is 2.22. The second kappa shape index (κ2) is 12.8. The largest absolute Gasteiger partial charge is 0.309 e. The molecule has 0 aliphatic carbocycles. The Morgan fingerprint density at radius 3 is 1.63 bits per heavy atom.